The van der Waals surface area contributed by atoms with Crippen molar-refractivity contribution in [1.29, 1.82) is 0 Å². The van der Waals surface area contributed by atoms with Crippen LogP contribution in [0.15, 0.2) is 12.3 Å². The van der Waals surface area contributed by atoms with E-state index in [0.717, 1.165) is 6.04 Å². The van der Waals surface area contributed by atoms with Gasteiger partial charge in [-0.25, -0.2) is 0 Å². The molecule has 0 aliphatic rings. The van der Waals surface area contributed by atoms with Gasteiger partial charge in [0.2, 0.25) is 0 Å². The van der Waals surface area contributed by atoms with Crippen LogP contribution in [0.25, 0.3) is 0 Å². The molecule has 0 heterocycles. The van der Waals surface area contributed by atoms with Gasteiger partial charge < -0.3 is 4.43 Å². The Hall–Kier alpha value is -0.0831. The van der Waals surface area contributed by atoms with E-state index in [4.69, 9.17) is 4.43 Å². The molecule has 0 amide bonds. The van der Waals surface area contributed by atoms with Gasteiger partial charge in [0.25, 0.3) is 0 Å². The molecule has 42 valence electrons. The predicted molar refractivity (Wildman–Crippen MR) is 34.8 cm³/mol. The minimum Gasteiger partial charge on any atom is -0.419 e. The third-order valence-corrected chi connectivity index (χ3v) is 2.90. The Kier molecular flexibility index (Phi) is 4.04. The lowest BCUT2D eigenvalue weighted by atomic mass is 11.0. The second kappa shape index (κ2) is 4.09. The summed E-state index contributed by atoms with van der Waals surface area (Å²) < 4.78 is 5.07. The van der Waals surface area contributed by atoms with Gasteiger partial charge in [0, 0.05) is 7.11 Å². The average Bonchev–Trinajstić information content (AvgIpc) is 1.72. The van der Waals surface area contributed by atoms with E-state index in [9.17, 15) is 0 Å². The van der Waals surface area contributed by atoms with Crippen molar-refractivity contribution in [3.63, 3.8) is 0 Å². The largest absolute Gasteiger partial charge is 0.419 e. The molecule has 0 N–H and O–H groups in total. The van der Waals surface area contributed by atoms with Crippen molar-refractivity contribution in [2.75, 3.05) is 7.11 Å². The molecule has 1 atom stereocenters. The molecular weight excluding hydrogens is 104 g/mol. The van der Waals surface area contributed by atoms with Crippen molar-refractivity contribution >= 4 is 9.04 Å². The molecule has 0 aromatic rings. The fourth-order valence-electron chi connectivity index (χ4n) is 0.430. The van der Waals surface area contributed by atoms with Crippen LogP contribution in [-0.4, -0.2) is 16.2 Å². The molecule has 0 saturated carbocycles. The van der Waals surface area contributed by atoms with E-state index in [1.54, 1.807) is 7.11 Å². The van der Waals surface area contributed by atoms with Crippen LogP contribution in [0.3, 0.4) is 0 Å². The minimum atomic E-state index is -0.907. The number of hydrogen-bond acceptors (Lipinski definition) is 1. The van der Waals surface area contributed by atoms with Crippen LogP contribution in [0.5, 0.6) is 0 Å². The molecule has 1 unspecified atom stereocenters. The zero-order valence-electron chi connectivity index (χ0n) is 4.98. The molecule has 0 fully saturated rings. The lowest BCUT2D eigenvalue weighted by Crippen LogP contribution is -2.09. The Morgan fingerprint density at radius 2 is 2.43 bits per heavy atom. The fraction of sp³-hybridized carbons (Fsp3) is 0.600. The zero-order chi connectivity index (χ0) is 5.70. The molecule has 2 heteroatoms. The van der Waals surface area contributed by atoms with E-state index >= 15 is 0 Å². The maximum absolute atomic E-state index is 5.07. The van der Waals surface area contributed by atoms with Crippen LogP contribution in [0.1, 0.15) is 6.92 Å². The summed E-state index contributed by atoms with van der Waals surface area (Å²) in [5, 5.41) is 0. The van der Waals surface area contributed by atoms with Gasteiger partial charge in [-0.1, -0.05) is 12.6 Å². The number of rotatable bonds is 3. The summed E-state index contributed by atoms with van der Waals surface area (Å²) in [6.07, 6.45) is 0. The summed E-state index contributed by atoms with van der Waals surface area (Å²) >= 11 is 0. The van der Waals surface area contributed by atoms with Gasteiger partial charge in [-0.2, -0.15) is 0 Å². The molecule has 0 saturated heterocycles. The first-order valence-corrected chi connectivity index (χ1v) is 4.46. The van der Waals surface area contributed by atoms with Crippen LogP contribution >= 0.6 is 0 Å². The average molecular weight is 116 g/mol. The molecule has 1 nitrogen and oxygen atoms in total. The summed E-state index contributed by atoms with van der Waals surface area (Å²) in [7, 11) is 0.845. The maximum Gasteiger partial charge on any atom is 0.199 e. The van der Waals surface area contributed by atoms with E-state index in [-0.39, 0.29) is 0 Å². The molecule has 0 aliphatic heterocycles. The smallest absolute Gasteiger partial charge is 0.199 e. The second-order valence-corrected chi connectivity index (χ2v) is 4.25. The van der Waals surface area contributed by atoms with Gasteiger partial charge in [0.1, 0.15) is 0 Å². The van der Waals surface area contributed by atoms with E-state index < -0.39 is 9.04 Å². The van der Waals surface area contributed by atoms with Crippen LogP contribution in [0, 0.1) is 0 Å². The highest BCUT2D eigenvalue weighted by molar-refractivity contribution is 6.57. The molecule has 0 spiro atoms. The lowest BCUT2D eigenvalue weighted by Gasteiger charge is -2.00. The lowest BCUT2D eigenvalue weighted by molar-refractivity contribution is 0.429. The SMILES string of the molecule is C=C[SiH](CC)OC. The molecule has 0 aromatic carbocycles. The Labute approximate surface area is 46.7 Å². The first kappa shape index (κ1) is 6.92. The van der Waals surface area contributed by atoms with Gasteiger partial charge in [0.15, 0.2) is 9.04 Å². The molecular formula is C5H12OSi. The first-order valence-electron chi connectivity index (χ1n) is 2.50. The predicted octanol–water partition coefficient (Wildman–Crippen LogP) is 1.10. The quantitative estimate of drug-likeness (QED) is 0.502. The Bertz CT molecular complexity index is 50.0. The third kappa shape index (κ3) is 2.59. The maximum atomic E-state index is 5.07. The van der Waals surface area contributed by atoms with Crippen LogP contribution in [0.4, 0.5) is 0 Å². The monoisotopic (exact) mass is 116 g/mol. The van der Waals surface area contributed by atoms with E-state index in [1.165, 1.54) is 0 Å². The van der Waals surface area contributed by atoms with E-state index in [2.05, 4.69) is 13.5 Å². The van der Waals surface area contributed by atoms with Crippen molar-refractivity contribution < 1.29 is 4.43 Å². The van der Waals surface area contributed by atoms with Crippen molar-refractivity contribution in [1.82, 2.24) is 0 Å². The molecule has 7 heavy (non-hydrogen) atoms. The Morgan fingerprint density at radius 3 is 2.43 bits per heavy atom. The van der Waals surface area contributed by atoms with Gasteiger partial charge in [0.05, 0.1) is 0 Å². The summed E-state index contributed by atoms with van der Waals surface area (Å²) in [6.45, 7) is 5.77. The van der Waals surface area contributed by atoms with Gasteiger partial charge in [-0.3, -0.25) is 0 Å². The Morgan fingerprint density at radius 1 is 1.86 bits per heavy atom. The standard InChI is InChI=1S/C5H12OSi/c1-4-7(5-2)6-3/h4,7H,1,5H2,2-3H3. The second-order valence-electron chi connectivity index (χ2n) is 1.42. The highest BCUT2D eigenvalue weighted by Gasteiger charge is 1.96. The highest BCUT2D eigenvalue weighted by atomic mass is 28.3. The van der Waals surface area contributed by atoms with Crippen LogP contribution in [0.2, 0.25) is 6.04 Å². The normalized spacial score (nSPS) is 13.4. The van der Waals surface area contributed by atoms with E-state index in [1.807, 2.05) is 5.70 Å². The first-order chi connectivity index (χ1) is 3.35. The van der Waals surface area contributed by atoms with Crippen LogP contribution in [-0.2, 0) is 4.43 Å². The molecule has 0 aromatic heterocycles. The summed E-state index contributed by atoms with van der Waals surface area (Å²) in [5.41, 5.74) is 1.94. The van der Waals surface area contributed by atoms with Crippen molar-refractivity contribution in [2.45, 2.75) is 13.0 Å². The van der Waals surface area contributed by atoms with Crippen molar-refractivity contribution in [3.8, 4) is 0 Å². The molecule has 0 rings (SSSR count). The van der Waals surface area contributed by atoms with Crippen molar-refractivity contribution in [2.24, 2.45) is 0 Å². The van der Waals surface area contributed by atoms with Gasteiger partial charge >= 0.3 is 0 Å². The number of hydrogen-bond donors (Lipinski definition) is 0. The van der Waals surface area contributed by atoms with E-state index in [0.29, 0.717) is 0 Å². The topological polar surface area (TPSA) is 9.23 Å². The summed E-state index contributed by atoms with van der Waals surface area (Å²) in [5.74, 6) is 0. The van der Waals surface area contributed by atoms with Crippen LogP contribution < -0.4 is 0 Å². The summed E-state index contributed by atoms with van der Waals surface area (Å²) in [4.78, 5) is 0. The highest BCUT2D eigenvalue weighted by Crippen LogP contribution is 1.89. The third-order valence-electron chi connectivity index (χ3n) is 0.968. The minimum absolute atomic E-state index is 0.907. The molecule has 0 bridgehead atoms. The Balaban J connectivity index is 3.16. The van der Waals surface area contributed by atoms with Gasteiger partial charge in [-0.15, -0.1) is 6.58 Å². The van der Waals surface area contributed by atoms with Gasteiger partial charge in [-0.05, 0) is 6.04 Å². The fourth-order valence-corrected chi connectivity index (χ4v) is 1.29. The summed E-state index contributed by atoms with van der Waals surface area (Å²) in [6, 6.07) is 1.15. The zero-order valence-corrected chi connectivity index (χ0v) is 6.13. The molecule has 0 radical (unpaired) electrons. The molecule has 0 aliphatic carbocycles. The van der Waals surface area contributed by atoms with Crippen molar-refractivity contribution in [3.05, 3.63) is 12.3 Å².